The van der Waals surface area contributed by atoms with Crippen LogP contribution in [-0.4, -0.2) is 44.8 Å². The number of benzene rings is 2. The zero-order valence-electron chi connectivity index (χ0n) is 14.9. The molecule has 7 nitrogen and oxygen atoms in total. The molecule has 1 unspecified atom stereocenters. The SMILES string of the molecule is CC(NS(=O)(=O)c1cccc(C(=O)N2CCNC(=O)C2)c1)c1ccccc1. The molecule has 0 saturated carbocycles. The normalized spacial score (nSPS) is 15.9. The van der Waals surface area contributed by atoms with E-state index in [4.69, 9.17) is 0 Å². The molecule has 0 aliphatic carbocycles. The average molecular weight is 387 g/mol. The zero-order valence-corrected chi connectivity index (χ0v) is 15.7. The first-order valence-corrected chi connectivity index (χ1v) is 10.1. The Morgan fingerprint density at radius 2 is 1.89 bits per heavy atom. The molecule has 0 bridgehead atoms. The molecule has 142 valence electrons. The van der Waals surface area contributed by atoms with E-state index in [2.05, 4.69) is 10.0 Å². The van der Waals surface area contributed by atoms with Crippen LogP contribution in [0.15, 0.2) is 59.5 Å². The van der Waals surface area contributed by atoms with Crippen LogP contribution in [0, 0.1) is 0 Å². The van der Waals surface area contributed by atoms with Gasteiger partial charge in [-0.05, 0) is 30.7 Å². The van der Waals surface area contributed by atoms with E-state index in [9.17, 15) is 18.0 Å². The second kappa shape index (κ2) is 7.89. The van der Waals surface area contributed by atoms with Crippen LogP contribution >= 0.6 is 0 Å². The summed E-state index contributed by atoms with van der Waals surface area (Å²) in [5, 5.41) is 2.65. The highest BCUT2D eigenvalue weighted by atomic mass is 32.2. The van der Waals surface area contributed by atoms with Gasteiger partial charge >= 0.3 is 0 Å². The van der Waals surface area contributed by atoms with Gasteiger partial charge in [0, 0.05) is 24.7 Å². The molecule has 1 saturated heterocycles. The van der Waals surface area contributed by atoms with Crippen molar-refractivity contribution in [3.8, 4) is 0 Å². The largest absolute Gasteiger partial charge is 0.353 e. The Bertz CT molecular complexity index is 944. The van der Waals surface area contributed by atoms with Crippen molar-refractivity contribution in [3.63, 3.8) is 0 Å². The van der Waals surface area contributed by atoms with Crippen molar-refractivity contribution in [1.82, 2.24) is 14.9 Å². The Hall–Kier alpha value is -2.71. The quantitative estimate of drug-likeness (QED) is 0.808. The molecule has 0 radical (unpaired) electrons. The maximum absolute atomic E-state index is 12.7. The fourth-order valence-electron chi connectivity index (χ4n) is 2.90. The Kier molecular flexibility index (Phi) is 5.57. The number of nitrogens with zero attached hydrogens (tertiary/aromatic N) is 1. The Morgan fingerprint density at radius 3 is 2.59 bits per heavy atom. The molecule has 2 N–H and O–H groups in total. The molecule has 1 aliphatic rings. The van der Waals surface area contributed by atoms with Gasteiger partial charge in [0.1, 0.15) is 0 Å². The summed E-state index contributed by atoms with van der Waals surface area (Å²) in [5.74, 6) is -0.588. The Morgan fingerprint density at radius 1 is 1.15 bits per heavy atom. The molecule has 0 aromatic heterocycles. The lowest BCUT2D eigenvalue weighted by atomic mass is 10.1. The fourth-order valence-corrected chi connectivity index (χ4v) is 4.18. The van der Waals surface area contributed by atoms with Gasteiger partial charge < -0.3 is 10.2 Å². The summed E-state index contributed by atoms with van der Waals surface area (Å²) in [6.45, 7) is 2.51. The van der Waals surface area contributed by atoms with Gasteiger partial charge in [0.05, 0.1) is 11.4 Å². The molecule has 2 aromatic carbocycles. The summed E-state index contributed by atoms with van der Waals surface area (Å²) in [5.41, 5.74) is 1.08. The molecule has 1 fully saturated rings. The van der Waals surface area contributed by atoms with Crippen molar-refractivity contribution in [2.24, 2.45) is 0 Å². The number of carbonyl (C=O) groups is 2. The van der Waals surface area contributed by atoms with Gasteiger partial charge in [-0.25, -0.2) is 13.1 Å². The predicted octanol–water partition coefficient (Wildman–Crippen LogP) is 1.30. The highest BCUT2D eigenvalue weighted by molar-refractivity contribution is 7.89. The Balaban J connectivity index is 1.79. The third-order valence-electron chi connectivity index (χ3n) is 4.35. The number of piperazine rings is 1. The van der Waals surface area contributed by atoms with Gasteiger partial charge in [0.15, 0.2) is 0 Å². The lowest BCUT2D eigenvalue weighted by Gasteiger charge is -2.26. The van der Waals surface area contributed by atoms with Crippen LogP contribution in [-0.2, 0) is 14.8 Å². The van der Waals surface area contributed by atoms with Crippen LogP contribution in [0.5, 0.6) is 0 Å². The molecule has 2 amide bonds. The molecule has 8 heteroatoms. The third kappa shape index (κ3) is 4.53. The molecule has 1 aliphatic heterocycles. The molecule has 0 spiro atoms. The Labute approximate surface area is 158 Å². The summed E-state index contributed by atoms with van der Waals surface area (Å²) in [6.07, 6.45) is 0. The fraction of sp³-hybridized carbons (Fsp3) is 0.263. The molecule has 1 atom stereocenters. The highest BCUT2D eigenvalue weighted by Gasteiger charge is 2.24. The lowest BCUT2D eigenvalue weighted by Crippen LogP contribution is -2.50. The van der Waals surface area contributed by atoms with Crippen molar-refractivity contribution in [1.29, 1.82) is 0 Å². The molecule has 1 heterocycles. The maximum atomic E-state index is 12.7. The average Bonchev–Trinajstić information content (AvgIpc) is 2.68. The number of hydrogen-bond donors (Lipinski definition) is 2. The van der Waals surface area contributed by atoms with E-state index in [0.29, 0.717) is 13.1 Å². The van der Waals surface area contributed by atoms with Crippen LogP contribution < -0.4 is 10.0 Å². The van der Waals surface area contributed by atoms with Gasteiger partial charge in [-0.3, -0.25) is 9.59 Å². The molecule has 27 heavy (non-hydrogen) atoms. The van der Waals surface area contributed by atoms with Crippen molar-refractivity contribution < 1.29 is 18.0 Å². The predicted molar refractivity (Wildman–Crippen MR) is 101 cm³/mol. The minimum atomic E-state index is -3.81. The second-order valence-electron chi connectivity index (χ2n) is 6.36. The maximum Gasteiger partial charge on any atom is 0.254 e. The monoisotopic (exact) mass is 387 g/mol. The van der Waals surface area contributed by atoms with Crippen LogP contribution in [0.1, 0.15) is 28.9 Å². The van der Waals surface area contributed by atoms with E-state index in [1.165, 1.54) is 23.1 Å². The van der Waals surface area contributed by atoms with Gasteiger partial charge in [0.2, 0.25) is 15.9 Å². The summed E-state index contributed by atoms with van der Waals surface area (Å²) in [7, 11) is -3.81. The molecular formula is C19H21N3O4S. The smallest absolute Gasteiger partial charge is 0.254 e. The van der Waals surface area contributed by atoms with E-state index in [-0.39, 0.29) is 28.8 Å². The number of rotatable bonds is 5. The van der Waals surface area contributed by atoms with E-state index in [1.54, 1.807) is 13.0 Å². The summed E-state index contributed by atoms with van der Waals surface area (Å²) < 4.78 is 28.1. The highest BCUT2D eigenvalue weighted by Crippen LogP contribution is 2.18. The van der Waals surface area contributed by atoms with Crippen LogP contribution in [0.3, 0.4) is 0 Å². The standard InChI is InChI=1S/C19H21N3O4S/c1-14(15-6-3-2-4-7-15)21-27(25,26)17-9-5-8-16(12-17)19(24)22-11-10-20-18(23)13-22/h2-9,12,14,21H,10-11,13H2,1H3,(H,20,23). The van der Waals surface area contributed by atoms with Crippen molar-refractivity contribution in [3.05, 3.63) is 65.7 Å². The molecule has 2 aromatic rings. The van der Waals surface area contributed by atoms with E-state index >= 15 is 0 Å². The van der Waals surface area contributed by atoms with E-state index < -0.39 is 16.1 Å². The number of hydrogen-bond acceptors (Lipinski definition) is 4. The van der Waals surface area contributed by atoms with E-state index in [1.807, 2.05) is 30.3 Å². The van der Waals surface area contributed by atoms with Gasteiger partial charge in [-0.2, -0.15) is 0 Å². The number of sulfonamides is 1. The minimum Gasteiger partial charge on any atom is -0.353 e. The summed E-state index contributed by atoms with van der Waals surface area (Å²) >= 11 is 0. The number of carbonyl (C=O) groups excluding carboxylic acids is 2. The summed E-state index contributed by atoms with van der Waals surface area (Å²) in [6, 6.07) is 14.7. The third-order valence-corrected chi connectivity index (χ3v) is 5.89. The van der Waals surface area contributed by atoms with Gasteiger partial charge in [0.25, 0.3) is 5.91 Å². The molecule has 3 rings (SSSR count). The van der Waals surface area contributed by atoms with Crippen molar-refractivity contribution in [2.75, 3.05) is 19.6 Å². The summed E-state index contributed by atoms with van der Waals surface area (Å²) in [4.78, 5) is 25.5. The van der Waals surface area contributed by atoms with Crippen molar-refractivity contribution >= 4 is 21.8 Å². The van der Waals surface area contributed by atoms with Crippen LogP contribution in [0.2, 0.25) is 0 Å². The lowest BCUT2D eigenvalue weighted by molar-refractivity contribution is -0.123. The van der Waals surface area contributed by atoms with Crippen molar-refractivity contribution in [2.45, 2.75) is 17.9 Å². The second-order valence-corrected chi connectivity index (χ2v) is 8.07. The van der Waals surface area contributed by atoms with Crippen LogP contribution in [0.25, 0.3) is 0 Å². The first-order chi connectivity index (χ1) is 12.9. The topological polar surface area (TPSA) is 95.6 Å². The molecular weight excluding hydrogens is 366 g/mol. The first kappa shape index (κ1) is 19.1. The van der Waals surface area contributed by atoms with Gasteiger partial charge in [-0.1, -0.05) is 36.4 Å². The number of amides is 2. The van der Waals surface area contributed by atoms with Crippen LogP contribution in [0.4, 0.5) is 0 Å². The van der Waals surface area contributed by atoms with Gasteiger partial charge in [-0.15, -0.1) is 0 Å². The zero-order chi connectivity index (χ0) is 19.4. The van der Waals surface area contributed by atoms with E-state index in [0.717, 1.165) is 5.56 Å². The minimum absolute atomic E-state index is 0.0117. The number of nitrogens with one attached hydrogen (secondary N) is 2. The first-order valence-electron chi connectivity index (χ1n) is 8.60.